The topological polar surface area (TPSA) is 52.6 Å². The number of urea groups is 1. The number of likely N-dealkylation sites (tertiary alicyclic amines) is 1. The second kappa shape index (κ2) is 8.64. The lowest BCUT2D eigenvalue weighted by Crippen LogP contribution is -2.44. The minimum absolute atomic E-state index is 0.0135. The third-order valence-corrected chi connectivity index (χ3v) is 4.52. The predicted molar refractivity (Wildman–Crippen MR) is 77.0 cm³/mol. The molecule has 1 fully saturated rings. The van der Waals surface area contributed by atoms with Gasteiger partial charge in [0, 0.05) is 13.1 Å². The van der Waals surface area contributed by atoms with Crippen molar-refractivity contribution in [2.75, 3.05) is 31.2 Å². The molecule has 1 aliphatic rings. The van der Waals surface area contributed by atoms with Gasteiger partial charge in [-0.05, 0) is 36.7 Å². The maximum atomic E-state index is 11.9. The molecule has 2 amide bonds. The van der Waals surface area contributed by atoms with Crippen LogP contribution in [0.5, 0.6) is 0 Å². The van der Waals surface area contributed by atoms with E-state index in [2.05, 4.69) is 19.2 Å². The van der Waals surface area contributed by atoms with Crippen molar-refractivity contribution in [1.82, 2.24) is 10.2 Å². The van der Waals surface area contributed by atoms with Crippen molar-refractivity contribution in [3.8, 4) is 0 Å². The van der Waals surface area contributed by atoms with Crippen molar-refractivity contribution < 1.29 is 9.90 Å². The van der Waals surface area contributed by atoms with Gasteiger partial charge in [0.05, 0.1) is 12.6 Å². The fourth-order valence-electron chi connectivity index (χ4n) is 2.08. The smallest absolute Gasteiger partial charge is 0.317 e. The second-order valence-corrected chi connectivity index (χ2v) is 6.38. The maximum absolute atomic E-state index is 11.9. The summed E-state index contributed by atoms with van der Waals surface area (Å²) in [4.78, 5) is 13.6. The van der Waals surface area contributed by atoms with Gasteiger partial charge in [0.25, 0.3) is 0 Å². The van der Waals surface area contributed by atoms with E-state index in [1.165, 1.54) is 5.75 Å². The lowest BCUT2D eigenvalue weighted by atomic mass is 10.2. The van der Waals surface area contributed by atoms with Gasteiger partial charge in [-0.25, -0.2) is 4.79 Å². The van der Waals surface area contributed by atoms with Crippen molar-refractivity contribution in [1.29, 1.82) is 0 Å². The first-order valence-corrected chi connectivity index (χ1v) is 8.03. The standard InChI is InChI=1S/C13H26N2O2S/c1-11(2)10-18-8-4-6-14-13(17)15-7-3-5-12(15)9-16/h11-12,16H,3-10H2,1-2H3,(H,14,17). The Morgan fingerprint density at radius 2 is 2.33 bits per heavy atom. The number of aliphatic hydroxyl groups is 1. The number of carbonyl (C=O) groups excluding carboxylic acids is 1. The van der Waals surface area contributed by atoms with Gasteiger partial charge in [-0.15, -0.1) is 0 Å². The van der Waals surface area contributed by atoms with E-state index in [9.17, 15) is 4.79 Å². The van der Waals surface area contributed by atoms with Gasteiger partial charge in [-0.2, -0.15) is 11.8 Å². The lowest BCUT2D eigenvalue weighted by Gasteiger charge is -2.23. The van der Waals surface area contributed by atoms with Crippen LogP contribution in [-0.2, 0) is 0 Å². The third kappa shape index (κ3) is 5.48. The quantitative estimate of drug-likeness (QED) is 0.698. The molecule has 4 nitrogen and oxygen atoms in total. The highest BCUT2D eigenvalue weighted by Crippen LogP contribution is 2.16. The van der Waals surface area contributed by atoms with Crippen LogP contribution in [0.15, 0.2) is 0 Å². The van der Waals surface area contributed by atoms with Gasteiger partial charge < -0.3 is 15.3 Å². The molecule has 0 saturated carbocycles. The Bertz CT molecular complexity index is 249. The van der Waals surface area contributed by atoms with Gasteiger partial charge >= 0.3 is 6.03 Å². The molecule has 0 aromatic rings. The first kappa shape index (κ1) is 15.6. The summed E-state index contributed by atoms with van der Waals surface area (Å²) in [5, 5.41) is 12.1. The summed E-state index contributed by atoms with van der Waals surface area (Å²) >= 11 is 1.95. The highest BCUT2D eigenvalue weighted by molar-refractivity contribution is 7.99. The van der Waals surface area contributed by atoms with Crippen LogP contribution in [-0.4, -0.2) is 53.3 Å². The fraction of sp³-hybridized carbons (Fsp3) is 0.923. The van der Waals surface area contributed by atoms with E-state index in [4.69, 9.17) is 5.11 Å². The average molecular weight is 274 g/mol. The van der Waals surface area contributed by atoms with Crippen LogP contribution in [0.4, 0.5) is 4.79 Å². The molecule has 0 aromatic heterocycles. The molecule has 0 bridgehead atoms. The van der Waals surface area contributed by atoms with Gasteiger partial charge in [0.2, 0.25) is 0 Å². The van der Waals surface area contributed by atoms with E-state index in [1.54, 1.807) is 4.90 Å². The SMILES string of the molecule is CC(C)CSCCCNC(=O)N1CCCC1CO. The Hall–Kier alpha value is -0.420. The summed E-state index contributed by atoms with van der Waals surface area (Å²) < 4.78 is 0. The van der Waals surface area contributed by atoms with Crippen molar-refractivity contribution in [2.45, 2.75) is 39.2 Å². The van der Waals surface area contributed by atoms with Crippen LogP contribution < -0.4 is 5.32 Å². The number of nitrogens with zero attached hydrogens (tertiary/aromatic N) is 1. The monoisotopic (exact) mass is 274 g/mol. The summed E-state index contributed by atoms with van der Waals surface area (Å²) in [7, 11) is 0. The fourth-order valence-corrected chi connectivity index (χ4v) is 3.07. The number of rotatable bonds is 7. The van der Waals surface area contributed by atoms with Crippen LogP contribution in [0.25, 0.3) is 0 Å². The Kier molecular flexibility index (Phi) is 7.51. The lowest BCUT2D eigenvalue weighted by molar-refractivity contribution is 0.157. The number of hydrogen-bond donors (Lipinski definition) is 2. The molecule has 0 aliphatic carbocycles. The molecule has 0 aromatic carbocycles. The third-order valence-electron chi connectivity index (χ3n) is 3.04. The first-order valence-electron chi connectivity index (χ1n) is 6.88. The largest absolute Gasteiger partial charge is 0.394 e. The molecule has 5 heteroatoms. The predicted octanol–water partition coefficient (Wildman–Crippen LogP) is 1.93. The zero-order chi connectivity index (χ0) is 13.4. The molecule has 1 unspecified atom stereocenters. The minimum Gasteiger partial charge on any atom is -0.394 e. The number of aliphatic hydroxyl groups excluding tert-OH is 1. The van der Waals surface area contributed by atoms with Gasteiger partial charge in [0.15, 0.2) is 0 Å². The number of thioether (sulfide) groups is 1. The molecule has 1 aliphatic heterocycles. The Balaban J connectivity index is 2.06. The Morgan fingerprint density at radius 1 is 1.56 bits per heavy atom. The average Bonchev–Trinajstić information content (AvgIpc) is 2.81. The summed E-state index contributed by atoms with van der Waals surface area (Å²) in [6, 6.07) is 0.0146. The van der Waals surface area contributed by atoms with Crippen LogP contribution in [0.3, 0.4) is 0 Å². The number of amides is 2. The summed E-state index contributed by atoms with van der Waals surface area (Å²) in [6.07, 6.45) is 2.94. The van der Waals surface area contributed by atoms with Crippen LogP contribution in [0, 0.1) is 5.92 Å². The summed E-state index contributed by atoms with van der Waals surface area (Å²) in [6.45, 7) is 6.03. The molecular formula is C13H26N2O2S. The molecule has 1 saturated heterocycles. The Labute approximate surface area is 115 Å². The van der Waals surface area contributed by atoms with Crippen molar-refractivity contribution in [3.05, 3.63) is 0 Å². The Morgan fingerprint density at radius 3 is 3.00 bits per heavy atom. The minimum atomic E-state index is -0.0135. The highest BCUT2D eigenvalue weighted by Gasteiger charge is 2.27. The summed E-state index contributed by atoms with van der Waals surface area (Å²) in [5.74, 6) is 3.02. The zero-order valence-corrected chi connectivity index (χ0v) is 12.3. The second-order valence-electron chi connectivity index (χ2n) is 5.23. The van der Waals surface area contributed by atoms with Crippen molar-refractivity contribution in [2.24, 2.45) is 5.92 Å². The molecule has 1 rings (SSSR count). The molecule has 1 heterocycles. The van der Waals surface area contributed by atoms with Crippen LogP contribution in [0.1, 0.15) is 33.1 Å². The molecule has 0 spiro atoms. The van der Waals surface area contributed by atoms with Crippen molar-refractivity contribution >= 4 is 17.8 Å². The van der Waals surface area contributed by atoms with E-state index in [0.717, 1.165) is 44.0 Å². The van der Waals surface area contributed by atoms with E-state index in [1.807, 2.05) is 11.8 Å². The van der Waals surface area contributed by atoms with Gasteiger partial charge in [-0.1, -0.05) is 13.8 Å². The molecule has 18 heavy (non-hydrogen) atoms. The molecule has 0 radical (unpaired) electrons. The van der Waals surface area contributed by atoms with E-state index < -0.39 is 0 Å². The molecule has 1 atom stereocenters. The normalized spacial score (nSPS) is 19.6. The van der Waals surface area contributed by atoms with Crippen LogP contribution in [0.2, 0.25) is 0 Å². The maximum Gasteiger partial charge on any atom is 0.317 e. The number of carbonyl (C=O) groups is 1. The summed E-state index contributed by atoms with van der Waals surface area (Å²) in [5.41, 5.74) is 0. The van der Waals surface area contributed by atoms with E-state index in [-0.39, 0.29) is 18.7 Å². The highest BCUT2D eigenvalue weighted by atomic mass is 32.2. The van der Waals surface area contributed by atoms with Gasteiger partial charge in [-0.3, -0.25) is 0 Å². The first-order chi connectivity index (χ1) is 8.65. The van der Waals surface area contributed by atoms with Crippen LogP contribution >= 0.6 is 11.8 Å². The molecular weight excluding hydrogens is 248 g/mol. The molecule has 2 N–H and O–H groups in total. The number of hydrogen-bond acceptors (Lipinski definition) is 3. The van der Waals surface area contributed by atoms with Gasteiger partial charge in [0.1, 0.15) is 0 Å². The molecule has 106 valence electrons. The number of nitrogens with one attached hydrogen (secondary N) is 1. The zero-order valence-electron chi connectivity index (χ0n) is 11.5. The van der Waals surface area contributed by atoms with Crippen molar-refractivity contribution in [3.63, 3.8) is 0 Å². The van der Waals surface area contributed by atoms with E-state index >= 15 is 0 Å². The van der Waals surface area contributed by atoms with E-state index in [0.29, 0.717) is 0 Å².